The number of hydrogen-bond acceptors (Lipinski definition) is 8. The fourth-order valence-electron chi connectivity index (χ4n) is 6.46. The Bertz CT molecular complexity index is 1720. The lowest BCUT2D eigenvalue weighted by Crippen LogP contribution is -2.47. The quantitative estimate of drug-likeness (QED) is 0.186. The van der Waals surface area contributed by atoms with Crippen molar-refractivity contribution in [3.63, 3.8) is 0 Å². The van der Waals surface area contributed by atoms with Gasteiger partial charge in [0.25, 0.3) is 11.8 Å². The molecule has 4 aromatic rings. The van der Waals surface area contributed by atoms with Crippen LogP contribution in [-0.2, 0) is 0 Å². The van der Waals surface area contributed by atoms with E-state index in [4.69, 9.17) is 9.47 Å². The second kappa shape index (κ2) is 14.3. The minimum atomic E-state index is -0.666. The van der Waals surface area contributed by atoms with E-state index in [1.165, 1.54) is 21.8 Å². The molecule has 6 rings (SSSR count). The van der Waals surface area contributed by atoms with Crippen molar-refractivity contribution in [2.45, 2.75) is 25.4 Å². The second-order valence-electron chi connectivity index (χ2n) is 11.6. The molecule has 244 valence electrons. The minimum Gasteiger partial charge on any atom is -0.493 e. The lowest BCUT2D eigenvalue weighted by Gasteiger charge is -2.39. The molecule has 2 unspecified atom stereocenters. The summed E-state index contributed by atoms with van der Waals surface area (Å²) in [5.41, 5.74) is 3.56. The van der Waals surface area contributed by atoms with E-state index in [2.05, 4.69) is 51.6 Å². The van der Waals surface area contributed by atoms with Crippen LogP contribution in [0.3, 0.4) is 0 Å². The summed E-state index contributed by atoms with van der Waals surface area (Å²) in [6, 6.07) is 24.3. The molecule has 2 aliphatic heterocycles. The highest BCUT2D eigenvalue weighted by Gasteiger charge is 2.43. The number of nitrogens with one attached hydrogen (secondary N) is 2. The SMILES string of the molecule is COc1ccc(C(CCNC(=O)Nc2cccs2)N2C(=O)c3cccc(N4CCN(C(C)c5ccccc5)CC4)c3C2=O)cc1OC. The van der Waals surface area contributed by atoms with Crippen molar-refractivity contribution in [3.05, 3.63) is 106 Å². The molecular weight excluding hydrogens is 614 g/mol. The maximum Gasteiger partial charge on any atom is 0.319 e. The van der Waals surface area contributed by atoms with Gasteiger partial charge < -0.3 is 19.7 Å². The van der Waals surface area contributed by atoms with Crippen LogP contribution in [0.5, 0.6) is 11.5 Å². The number of piperazine rings is 1. The lowest BCUT2D eigenvalue weighted by molar-refractivity contribution is 0.0575. The summed E-state index contributed by atoms with van der Waals surface area (Å²) in [7, 11) is 3.10. The molecule has 3 aromatic carbocycles. The van der Waals surface area contributed by atoms with Crippen LogP contribution in [0.1, 0.15) is 57.3 Å². The Morgan fingerprint density at radius 1 is 0.851 bits per heavy atom. The molecule has 0 saturated carbocycles. The van der Waals surface area contributed by atoms with E-state index in [0.717, 1.165) is 36.9 Å². The summed E-state index contributed by atoms with van der Waals surface area (Å²) in [5.74, 6) is 0.321. The predicted octanol–water partition coefficient (Wildman–Crippen LogP) is 6.20. The Morgan fingerprint density at radius 2 is 1.62 bits per heavy atom. The van der Waals surface area contributed by atoms with E-state index in [0.29, 0.717) is 34.6 Å². The third-order valence-electron chi connectivity index (χ3n) is 8.97. The minimum absolute atomic E-state index is 0.220. The molecule has 0 bridgehead atoms. The summed E-state index contributed by atoms with van der Waals surface area (Å²) in [6.45, 7) is 5.57. The van der Waals surface area contributed by atoms with E-state index in [9.17, 15) is 14.4 Å². The number of benzene rings is 3. The van der Waals surface area contributed by atoms with E-state index >= 15 is 0 Å². The summed E-state index contributed by atoms with van der Waals surface area (Å²) in [5, 5.41) is 8.29. The van der Waals surface area contributed by atoms with Gasteiger partial charge in [-0.15, -0.1) is 11.3 Å². The van der Waals surface area contributed by atoms with Gasteiger partial charge in [-0.25, -0.2) is 4.79 Å². The lowest BCUT2D eigenvalue weighted by atomic mass is 10.0. The Balaban J connectivity index is 1.23. The van der Waals surface area contributed by atoms with Crippen molar-refractivity contribution in [3.8, 4) is 11.5 Å². The van der Waals surface area contributed by atoms with Crippen LogP contribution in [0.2, 0.25) is 0 Å². The largest absolute Gasteiger partial charge is 0.493 e. The predicted molar refractivity (Wildman–Crippen MR) is 184 cm³/mol. The van der Waals surface area contributed by atoms with Crippen LogP contribution in [0.25, 0.3) is 0 Å². The number of carbonyl (C=O) groups is 3. The molecule has 3 heterocycles. The number of carbonyl (C=O) groups excluding carboxylic acids is 3. The number of urea groups is 1. The molecule has 4 amide bonds. The second-order valence-corrected chi connectivity index (χ2v) is 12.5. The van der Waals surface area contributed by atoms with Crippen molar-refractivity contribution < 1.29 is 23.9 Å². The Labute approximate surface area is 278 Å². The van der Waals surface area contributed by atoms with Gasteiger partial charge in [0, 0.05) is 38.8 Å². The van der Waals surface area contributed by atoms with Gasteiger partial charge in [0.2, 0.25) is 0 Å². The van der Waals surface area contributed by atoms with Crippen LogP contribution in [-0.4, -0.2) is 74.6 Å². The van der Waals surface area contributed by atoms with Gasteiger partial charge in [-0.3, -0.25) is 24.7 Å². The third kappa shape index (κ3) is 6.68. The fourth-order valence-corrected chi connectivity index (χ4v) is 7.07. The number of ether oxygens (including phenoxy) is 2. The van der Waals surface area contributed by atoms with Gasteiger partial charge in [0.05, 0.1) is 42.1 Å². The summed E-state index contributed by atoms with van der Waals surface area (Å²) in [4.78, 5) is 47.0. The number of methoxy groups -OCH3 is 2. The number of fused-ring (bicyclic) bond motifs is 1. The van der Waals surface area contributed by atoms with Gasteiger partial charge in [0.15, 0.2) is 11.5 Å². The molecule has 1 aromatic heterocycles. The highest BCUT2D eigenvalue weighted by molar-refractivity contribution is 7.14. The number of amides is 4. The van der Waals surface area contributed by atoms with E-state index < -0.39 is 6.04 Å². The first-order valence-corrected chi connectivity index (χ1v) is 16.6. The molecule has 0 aliphatic carbocycles. The van der Waals surface area contributed by atoms with Gasteiger partial charge >= 0.3 is 6.03 Å². The van der Waals surface area contributed by atoms with Crippen LogP contribution < -0.4 is 25.0 Å². The molecule has 1 saturated heterocycles. The molecule has 2 N–H and O–H groups in total. The fraction of sp³-hybridized carbons (Fsp3) is 0.306. The molecule has 0 radical (unpaired) electrons. The van der Waals surface area contributed by atoms with E-state index in [1.807, 2.05) is 41.8 Å². The van der Waals surface area contributed by atoms with Crippen LogP contribution >= 0.6 is 11.3 Å². The van der Waals surface area contributed by atoms with Gasteiger partial charge in [-0.05, 0) is 66.2 Å². The zero-order chi connectivity index (χ0) is 32.9. The van der Waals surface area contributed by atoms with Gasteiger partial charge in [-0.2, -0.15) is 0 Å². The molecular formula is C36H39N5O5S. The average molecular weight is 654 g/mol. The highest BCUT2D eigenvalue weighted by atomic mass is 32.1. The van der Waals surface area contributed by atoms with Crippen molar-refractivity contribution in [2.24, 2.45) is 0 Å². The van der Waals surface area contributed by atoms with Gasteiger partial charge in [0.1, 0.15) is 0 Å². The van der Waals surface area contributed by atoms with Crippen LogP contribution in [0.15, 0.2) is 84.2 Å². The molecule has 1 fully saturated rings. The Morgan fingerprint density at radius 3 is 2.32 bits per heavy atom. The first kappa shape index (κ1) is 32.1. The van der Waals surface area contributed by atoms with Crippen molar-refractivity contribution in [1.82, 2.24) is 15.1 Å². The zero-order valence-electron chi connectivity index (χ0n) is 26.8. The van der Waals surface area contributed by atoms with Crippen molar-refractivity contribution >= 4 is 39.9 Å². The molecule has 2 aliphatic rings. The summed E-state index contributed by atoms with van der Waals surface area (Å²) in [6.07, 6.45) is 0.296. The van der Waals surface area contributed by atoms with E-state index in [1.54, 1.807) is 32.4 Å². The standard InChI is InChI=1S/C36H39N5O5S/c1-24(25-9-5-4-6-10-25)39-18-20-40(21-19-39)29-12-7-11-27-33(29)35(43)41(34(27)42)28(26-14-15-30(45-2)31(23-26)46-3)16-17-37-36(44)38-32-13-8-22-47-32/h4-15,22-24,28H,16-21H2,1-3H3,(H2,37,38,44). The number of nitrogens with zero attached hydrogens (tertiary/aromatic N) is 3. The molecule has 11 heteroatoms. The summed E-state index contributed by atoms with van der Waals surface area (Å²) >= 11 is 1.42. The van der Waals surface area contributed by atoms with Gasteiger partial charge in [-0.1, -0.05) is 42.5 Å². The zero-order valence-corrected chi connectivity index (χ0v) is 27.6. The Hall–Kier alpha value is -4.87. The highest BCUT2D eigenvalue weighted by Crippen LogP contribution is 2.40. The number of anilines is 2. The first-order chi connectivity index (χ1) is 22.9. The average Bonchev–Trinajstić information content (AvgIpc) is 3.71. The molecule has 0 spiro atoms. The first-order valence-electron chi connectivity index (χ1n) is 15.7. The van der Waals surface area contributed by atoms with Crippen molar-refractivity contribution in [1.29, 1.82) is 0 Å². The smallest absolute Gasteiger partial charge is 0.319 e. The molecule has 2 atom stereocenters. The van der Waals surface area contributed by atoms with Crippen molar-refractivity contribution in [2.75, 3.05) is 57.2 Å². The topological polar surface area (TPSA) is 103 Å². The normalized spacial score (nSPS) is 16.1. The monoisotopic (exact) mass is 653 g/mol. The summed E-state index contributed by atoms with van der Waals surface area (Å²) < 4.78 is 11.0. The maximum atomic E-state index is 14.3. The van der Waals surface area contributed by atoms with Crippen LogP contribution in [0.4, 0.5) is 15.5 Å². The number of imide groups is 1. The molecule has 10 nitrogen and oxygen atoms in total. The number of rotatable bonds is 11. The number of hydrogen-bond donors (Lipinski definition) is 2. The molecule has 47 heavy (non-hydrogen) atoms. The van der Waals surface area contributed by atoms with Crippen LogP contribution in [0, 0.1) is 0 Å². The Kier molecular flexibility index (Phi) is 9.74. The number of thiophene rings is 1. The third-order valence-corrected chi connectivity index (χ3v) is 9.76. The maximum absolute atomic E-state index is 14.3. The van der Waals surface area contributed by atoms with E-state index in [-0.39, 0.29) is 30.4 Å².